The summed E-state index contributed by atoms with van der Waals surface area (Å²) in [6, 6.07) is 7.62. The fraction of sp³-hybridized carbons (Fsp3) is 0.474. The molecule has 0 bridgehead atoms. The van der Waals surface area contributed by atoms with E-state index in [-0.39, 0.29) is 5.91 Å². The van der Waals surface area contributed by atoms with E-state index in [4.69, 9.17) is 11.6 Å². The van der Waals surface area contributed by atoms with Crippen LogP contribution in [0.1, 0.15) is 36.3 Å². The van der Waals surface area contributed by atoms with Crippen molar-refractivity contribution in [2.75, 3.05) is 32.7 Å². The minimum absolute atomic E-state index is 0.0944. The molecule has 1 aromatic heterocycles. The Morgan fingerprint density at radius 1 is 1.24 bits per heavy atom. The maximum atomic E-state index is 13.1. The van der Waals surface area contributed by atoms with Gasteiger partial charge in [-0.1, -0.05) is 37.1 Å². The molecule has 1 aliphatic heterocycles. The van der Waals surface area contributed by atoms with Gasteiger partial charge in [-0.05, 0) is 25.5 Å². The van der Waals surface area contributed by atoms with Crippen LogP contribution in [0, 0.1) is 0 Å². The predicted octanol–water partition coefficient (Wildman–Crippen LogP) is 1.84. The van der Waals surface area contributed by atoms with Crippen molar-refractivity contribution >= 4 is 17.5 Å². The number of benzene rings is 1. The highest BCUT2D eigenvalue weighted by Gasteiger charge is 2.27. The Labute approximate surface area is 154 Å². The molecule has 2 heterocycles. The summed E-state index contributed by atoms with van der Waals surface area (Å²) in [4.78, 5) is 16.6. The van der Waals surface area contributed by atoms with Crippen LogP contribution in [0.25, 0.3) is 5.69 Å². The first-order valence-corrected chi connectivity index (χ1v) is 9.48. The molecule has 0 atom stereocenters. The minimum atomic E-state index is 0.0944. The maximum absolute atomic E-state index is 13.1. The zero-order chi connectivity index (χ0) is 17.8. The van der Waals surface area contributed by atoms with Crippen LogP contribution in [-0.2, 0) is 6.42 Å². The van der Waals surface area contributed by atoms with Crippen LogP contribution < -0.4 is 4.90 Å². The van der Waals surface area contributed by atoms with Gasteiger partial charge < -0.3 is 9.80 Å². The summed E-state index contributed by atoms with van der Waals surface area (Å²) in [7, 11) is 0. The van der Waals surface area contributed by atoms with Crippen LogP contribution in [0.15, 0.2) is 30.5 Å². The number of nitrogens with one attached hydrogen (secondary N) is 1. The number of carbonyl (C=O) groups excluding carboxylic acids is 1. The second-order valence-electron chi connectivity index (χ2n) is 6.51. The Morgan fingerprint density at radius 3 is 2.60 bits per heavy atom. The van der Waals surface area contributed by atoms with Gasteiger partial charge in [-0.25, -0.2) is 4.68 Å². The van der Waals surface area contributed by atoms with E-state index in [2.05, 4.69) is 18.9 Å². The summed E-state index contributed by atoms with van der Waals surface area (Å²) < 4.78 is 1.83. The number of likely N-dealkylation sites (N-methyl/N-ethyl adjacent to an activating group) is 1. The number of piperazine rings is 1. The van der Waals surface area contributed by atoms with Gasteiger partial charge in [0.1, 0.15) is 0 Å². The number of amides is 1. The van der Waals surface area contributed by atoms with Crippen molar-refractivity contribution in [3.8, 4) is 5.69 Å². The van der Waals surface area contributed by atoms with Gasteiger partial charge in [0.05, 0.1) is 60.9 Å². The quantitative estimate of drug-likeness (QED) is 0.883. The predicted molar refractivity (Wildman–Crippen MR) is 99.7 cm³/mol. The average Bonchev–Trinajstić information content (AvgIpc) is 3.05. The van der Waals surface area contributed by atoms with Gasteiger partial charge in [0.25, 0.3) is 5.91 Å². The third-order valence-electron chi connectivity index (χ3n) is 4.92. The van der Waals surface area contributed by atoms with E-state index in [1.807, 2.05) is 33.8 Å². The molecule has 1 aromatic carbocycles. The van der Waals surface area contributed by atoms with E-state index in [1.54, 1.807) is 11.1 Å². The number of carbonyl (C=O) groups is 1. The first kappa shape index (κ1) is 18.0. The van der Waals surface area contributed by atoms with Crippen molar-refractivity contribution in [3.63, 3.8) is 0 Å². The minimum Gasteiger partial charge on any atom is -0.332 e. The van der Waals surface area contributed by atoms with E-state index in [0.717, 1.165) is 56.9 Å². The smallest absolute Gasteiger partial charge is 0.257 e. The molecule has 134 valence electrons. The van der Waals surface area contributed by atoms with Crippen molar-refractivity contribution in [1.29, 1.82) is 0 Å². The lowest BCUT2D eigenvalue weighted by Gasteiger charge is -2.31. The third kappa shape index (κ3) is 3.72. The molecule has 6 heteroatoms. The van der Waals surface area contributed by atoms with Crippen LogP contribution in [0.3, 0.4) is 0 Å². The van der Waals surface area contributed by atoms with Gasteiger partial charge >= 0.3 is 0 Å². The lowest BCUT2D eigenvalue weighted by atomic mass is 10.1. The summed E-state index contributed by atoms with van der Waals surface area (Å²) in [6.45, 7) is 9.08. The highest BCUT2D eigenvalue weighted by molar-refractivity contribution is 6.32. The lowest BCUT2D eigenvalue weighted by molar-refractivity contribution is -0.902. The van der Waals surface area contributed by atoms with Crippen molar-refractivity contribution in [3.05, 3.63) is 46.7 Å². The fourth-order valence-corrected chi connectivity index (χ4v) is 3.63. The first-order chi connectivity index (χ1) is 12.2. The molecular formula is C19H26ClN4O+. The zero-order valence-corrected chi connectivity index (χ0v) is 15.7. The molecule has 1 fully saturated rings. The van der Waals surface area contributed by atoms with E-state index in [9.17, 15) is 4.79 Å². The summed E-state index contributed by atoms with van der Waals surface area (Å²) in [5.74, 6) is 0.0944. The Hall–Kier alpha value is -1.85. The first-order valence-electron chi connectivity index (χ1n) is 9.10. The Balaban J connectivity index is 1.89. The van der Waals surface area contributed by atoms with Gasteiger partial charge in [-0.15, -0.1) is 0 Å². The molecule has 5 nitrogen and oxygen atoms in total. The van der Waals surface area contributed by atoms with E-state index >= 15 is 0 Å². The monoisotopic (exact) mass is 361 g/mol. The number of aromatic nitrogens is 2. The Morgan fingerprint density at radius 2 is 1.96 bits per heavy atom. The van der Waals surface area contributed by atoms with Crippen LogP contribution in [0.2, 0.25) is 5.02 Å². The molecule has 0 aliphatic carbocycles. The maximum Gasteiger partial charge on any atom is 0.257 e. The summed E-state index contributed by atoms with van der Waals surface area (Å²) in [6.07, 6.45) is 3.45. The van der Waals surface area contributed by atoms with Crippen molar-refractivity contribution in [2.24, 2.45) is 0 Å². The third-order valence-corrected chi connectivity index (χ3v) is 5.24. The fourth-order valence-electron chi connectivity index (χ4n) is 3.41. The van der Waals surface area contributed by atoms with Crippen LogP contribution in [-0.4, -0.2) is 53.3 Å². The summed E-state index contributed by atoms with van der Waals surface area (Å²) >= 11 is 6.34. The number of rotatable bonds is 5. The second kappa shape index (κ2) is 8.02. The van der Waals surface area contributed by atoms with Crippen LogP contribution >= 0.6 is 11.6 Å². The van der Waals surface area contributed by atoms with E-state index in [1.165, 1.54) is 0 Å². The van der Waals surface area contributed by atoms with Gasteiger partial charge in [0.15, 0.2) is 0 Å². The normalized spacial score (nSPS) is 15.6. The van der Waals surface area contributed by atoms with Gasteiger partial charge in [0.2, 0.25) is 0 Å². The number of nitrogens with zero attached hydrogens (tertiary/aromatic N) is 3. The molecule has 3 rings (SSSR count). The largest absolute Gasteiger partial charge is 0.332 e. The zero-order valence-electron chi connectivity index (χ0n) is 15.0. The Bertz CT molecular complexity index is 735. The van der Waals surface area contributed by atoms with E-state index < -0.39 is 0 Å². The van der Waals surface area contributed by atoms with Gasteiger partial charge in [-0.2, -0.15) is 5.10 Å². The van der Waals surface area contributed by atoms with Crippen molar-refractivity contribution in [2.45, 2.75) is 26.7 Å². The molecule has 1 N–H and O–H groups in total. The van der Waals surface area contributed by atoms with Gasteiger partial charge in [0, 0.05) is 0 Å². The number of quaternary nitrogens is 1. The number of hydrogen-bond donors (Lipinski definition) is 1. The number of hydrogen-bond acceptors (Lipinski definition) is 2. The molecule has 0 saturated carbocycles. The highest BCUT2D eigenvalue weighted by Crippen LogP contribution is 2.24. The Kier molecular flexibility index (Phi) is 5.76. The van der Waals surface area contributed by atoms with Crippen molar-refractivity contribution < 1.29 is 9.69 Å². The van der Waals surface area contributed by atoms with Crippen LogP contribution in [0.5, 0.6) is 0 Å². The SMILES string of the molecule is CCCc1c(C(=O)N2CC[NH+](CC)CC2)cnn1-c1ccccc1Cl. The summed E-state index contributed by atoms with van der Waals surface area (Å²) in [5, 5.41) is 5.13. The molecule has 2 aromatic rings. The highest BCUT2D eigenvalue weighted by atomic mass is 35.5. The van der Waals surface area contributed by atoms with E-state index in [0.29, 0.717) is 10.6 Å². The van der Waals surface area contributed by atoms with Crippen molar-refractivity contribution in [1.82, 2.24) is 14.7 Å². The molecule has 25 heavy (non-hydrogen) atoms. The van der Waals surface area contributed by atoms with Crippen LogP contribution in [0.4, 0.5) is 0 Å². The topological polar surface area (TPSA) is 42.6 Å². The molecule has 1 amide bonds. The molecule has 1 aliphatic rings. The average molecular weight is 362 g/mol. The second-order valence-corrected chi connectivity index (χ2v) is 6.92. The lowest BCUT2D eigenvalue weighted by Crippen LogP contribution is -3.14. The van der Waals surface area contributed by atoms with Gasteiger partial charge in [-0.3, -0.25) is 4.79 Å². The standard InChI is InChI=1S/C19H25ClN4O/c1-3-7-17-15(19(25)23-12-10-22(4-2)11-13-23)14-21-24(17)18-9-6-5-8-16(18)20/h5-6,8-9,14H,3-4,7,10-13H2,1-2H3/p+1. The molecule has 0 unspecified atom stereocenters. The number of halogens is 1. The molecule has 1 saturated heterocycles. The number of para-hydroxylation sites is 1. The molecule has 0 radical (unpaired) electrons. The summed E-state index contributed by atoms with van der Waals surface area (Å²) in [5.41, 5.74) is 2.49. The molecule has 0 spiro atoms. The molecular weight excluding hydrogens is 336 g/mol.